The van der Waals surface area contributed by atoms with Crippen LogP contribution in [0.2, 0.25) is 5.02 Å². The van der Waals surface area contributed by atoms with Gasteiger partial charge in [0.05, 0.1) is 6.54 Å². The second-order valence-electron chi connectivity index (χ2n) is 6.21. The Balaban J connectivity index is 2.09. The Morgan fingerprint density at radius 3 is 2.43 bits per heavy atom. The molecule has 1 unspecified atom stereocenters. The van der Waals surface area contributed by atoms with E-state index in [2.05, 4.69) is 19.2 Å². The van der Waals surface area contributed by atoms with Crippen molar-refractivity contribution >= 4 is 23.5 Å². The lowest BCUT2D eigenvalue weighted by Gasteiger charge is -2.22. The number of hydrogen-bond acceptors (Lipinski definition) is 2. The molecule has 1 N–H and O–H groups in total. The zero-order chi connectivity index (χ0) is 15.6. The average Bonchev–Trinajstić information content (AvgIpc) is 2.63. The summed E-state index contributed by atoms with van der Waals surface area (Å²) in [6.45, 7) is 6.29. The van der Waals surface area contributed by atoms with Crippen LogP contribution in [0, 0.1) is 5.92 Å². The van der Waals surface area contributed by atoms with Crippen molar-refractivity contribution in [3.8, 4) is 0 Å². The van der Waals surface area contributed by atoms with Gasteiger partial charge in [0.25, 0.3) is 5.91 Å². The molecular weight excluding hydrogens is 288 g/mol. The molecule has 2 rings (SSSR count). The van der Waals surface area contributed by atoms with Gasteiger partial charge in [0.15, 0.2) is 0 Å². The maximum atomic E-state index is 12.5. The molecule has 0 bridgehead atoms. The van der Waals surface area contributed by atoms with E-state index >= 15 is 0 Å². The normalized spacial score (nSPS) is 22.0. The maximum Gasteiger partial charge on any atom is 0.325 e. The summed E-state index contributed by atoms with van der Waals surface area (Å²) in [6, 6.07) is 6.85. The summed E-state index contributed by atoms with van der Waals surface area (Å²) >= 11 is 5.84. The summed E-state index contributed by atoms with van der Waals surface area (Å²) < 4.78 is 0. The minimum Gasteiger partial charge on any atom is -0.323 e. The second-order valence-corrected chi connectivity index (χ2v) is 6.65. The Hall–Kier alpha value is -1.55. The molecule has 3 amide bonds. The van der Waals surface area contributed by atoms with Crippen LogP contribution in [0.1, 0.15) is 39.2 Å². The first-order chi connectivity index (χ1) is 9.82. The summed E-state index contributed by atoms with van der Waals surface area (Å²) in [6.07, 6.45) is 1.56. The van der Waals surface area contributed by atoms with E-state index in [0.717, 1.165) is 12.0 Å². The number of amides is 3. The minimum atomic E-state index is -0.784. The van der Waals surface area contributed by atoms with Gasteiger partial charge < -0.3 is 5.32 Å². The molecule has 1 aromatic carbocycles. The quantitative estimate of drug-likeness (QED) is 0.845. The first kappa shape index (κ1) is 15.8. The Morgan fingerprint density at radius 2 is 1.86 bits per heavy atom. The molecule has 0 aliphatic carbocycles. The standard InChI is InChI=1S/C16H21ClN2O2/c1-11(2)8-9-16(3)14(20)19(15(21)18-16)10-12-4-6-13(17)7-5-12/h4-7,11H,8-10H2,1-3H3,(H,18,21). The van der Waals surface area contributed by atoms with Gasteiger partial charge in [0.1, 0.15) is 5.54 Å². The molecule has 5 heteroatoms. The van der Waals surface area contributed by atoms with Gasteiger partial charge in [-0.1, -0.05) is 37.6 Å². The molecule has 0 radical (unpaired) electrons. The number of hydrogen-bond donors (Lipinski definition) is 1. The van der Waals surface area contributed by atoms with Crippen molar-refractivity contribution in [2.75, 3.05) is 0 Å². The highest BCUT2D eigenvalue weighted by Gasteiger charge is 2.47. The van der Waals surface area contributed by atoms with Crippen LogP contribution < -0.4 is 5.32 Å². The Kier molecular flexibility index (Phi) is 4.57. The van der Waals surface area contributed by atoms with Crippen LogP contribution >= 0.6 is 11.6 Å². The zero-order valence-electron chi connectivity index (χ0n) is 12.6. The van der Waals surface area contributed by atoms with Gasteiger partial charge >= 0.3 is 6.03 Å². The van der Waals surface area contributed by atoms with Crippen LogP contribution in [0.3, 0.4) is 0 Å². The highest BCUT2D eigenvalue weighted by atomic mass is 35.5. The number of benzene rings is 1. The lowest BCUT2D eigenvalue weighted by Crippen LogP contribution is -2.44. The van der Waals surface area contributed by atoms with E-state index in [9.17, 15) is 9.59 Å². The summed E-state index contributed by atoms with van der Waals surface area (Å²) in [7, 11) is 0. The number of carbonyl (C=O) groups is 2. The van der Waals surface area contributed by atoms with E-state index < -0.39 is 5.54 Å². The monoisotopic (exact) mass is 308 g/mol. The Bertz CT molecular complexity index is 542. The van der Waals surface area contributed by atoms with Gasteiger partial charge in [-0.15, -0.1) is 0 Å². The molecular formula is C16H21ClN2O2. The third-order valence-corrected chi connectivity index (χ3v) is 4.07. The van der Waals surface area contributed by atoms with Crippen molar-refractivity contribution in [3.63, 3.8) is 0 Å². The van der Waals surface area contributed by atoms with E-state index in [0.29, 0.717) is 17.4 Å². The topological polar surface area (TPSA) is 49.4 Å². The fraction of sp³-hybridized carbons (Fsp3) is 0.500. The molecule has 4 nitrogen and oxygen atoms in total. The van der Waals surface area contributed by atoms with E-state index in [1.807, 2.05) is 12.1 Å². The van der Waals surface area contributed by atoms with Crippen LogP contribution in [0.15, 0.2) is 24.3 Å². The van der Waals surface area contributed by atoms with Crippen molar-refractivity contribution in [1.29, 1.82) is 0 Å². The number of imide groups is 1. The highest BCUT2D eigenvalue weighted by molar-refractivity contribution is 6.30. The average molecular weight is 309 g/mol. The predicted octanol–water partition coefficient (Wildman–Crippen LogP) is 3.59. The fourth-order valence-corrected chi connectivity index (χ4v) is 2.54. The molecule has 0 saturated carbocycles. The van der Waals surface area contributed by atoms with Crippen molar-refractivity contribution in [2.24, 2.45) is 5.92 Å². The van der Waals surface area contributed by atoms with Gasteiger partial charge in [-0.25, -0.2) is 4.79 Å². The van der Waals surface area contributed by atoms with Crippen LogP contribution in [0.5, 0.6) is 0 Å². The SMILES string of the molecule is CC(C)CCC1(C)NC(=O)N(Cc2ccc(Cl)cc2)C1=O. The largest absolute Gasteiger partial charge is 0.325 e. The lowest BCUT2D eigenvalue weighted by molar-refractivity contribution is -0.131. The maximum absolute atomic E-state index is 12.5. The predicted molar refractivity (Wildman–Crippen MR) is 83.0 cm³/mol. The number of urea groups is 1. The molecule has 1 aromatic rings. The molecule has 1 aliphatic rings. The van der Waals surface area contributed by atoms with Crippen molar-refractivity contribution in [2.45, 2.75) is 45.7 Å². The number of rotatable bonds is 5. The smallest absolute Gasteiger partial charge is 0.323 e. The fourth-order valence-electron chi connectivity index (χ4n) is 2.41. The van der Waals surface area contributed by atoms with Crippen molar-refractivity contribution in [1.82, 2.24) is 10.2 Å². The zero-order valence-corrected chi connectivity index (χ0v) is 13.4. The molecule has 1 aliphatic heterocycles. The van der Waals surface area contributed by atoms with E-state index in [-0.39, 0.29) is 18.5 Å². The summed E-state index contributed by atoms with van der Waals surface area (Å²) in [4.78, 5) is 25.9. The van der Waals surface area contributed by atoms with Gasteiger partial charge in [-0.2, -0.15) is 0 Å². The third kappa shape index (κ3) is 3.56. The number of carbonyl (C=O) groups excluding carboxylic acids is 2. The van der Waals surface area contributed by atoms with Crippen LogP contribution in [0.4, 0.5) is 4.79 Å². The summed E-state index contributed by atoms with van der Waals surface area (Å²) in [5.41, 5.74) is 0.101. The number of nitrogens with one attached hydrogen (secondary N) is 1. The summed E-state index contributed by atoms with van der Waals surface area (Å²) in [5, 5.41) is 3.47. The van der Waals surface area contributed by atoms with Gasteiger partial charge in [-0.05, 0) is 43.4 Å². The molecule has 0 spiro atoms. The molecule has 1 heterocycles. The molecule has 0 aromatic heterocycles. The molecule has 1 atom stereocenters. The van der Waals surface area contributed by atoms with Crippen LogP contribution in [-0.4, -0.2) is 22.4 Å². The van der Waals surface area contributed by atoms with Crippen LogP contribution in [0.25, 0.3) is 0 Å². The number of nitrogens with zero attached hydrogens (tertiary/aromatic N) is 1. The van der Waals surface area contributed by atoms with Gasteiger partial charge in [0.2, 0.25) is 0 Å². The molecule has 21 heavy (non-hydrogen) atoms. The van der Waals surface area contributed by atoms with Crippen molar-refractivity contribution in [3.05, 3.63) is 34.9 Å². The minimum absolute atomic E-state index is 0.150. The molecule has 114 valence electrons. The Labute approximate surface area is 130 Å². The van der Waals surface area contributed by atoms with Crippen molar-refractivity contribution < 1.29 is 9.59 Å². The molecule has 1 saturated heterocycles. The van der Waals surface area contributed by atoms with Gasteiger partial charge in [-0.3, -0.25) is 9.69 Å². The van der Waals surface area contributed by atoms with E-state index in [4.69, 9.17) is 11.6 Å². The third-order valence-electron chi connectivity index (χ3n) is 3.82. The van der Waals surface area contributed by atoms with E-state index in [1.165, 1.54) is 4.90 Å². The summed E-state index contributed by atoms with van der Waals surface area (Å²) in [5.74, 6) is 0.347. The first-order valence-electron chi connectivity index (χ1n) is 7.20. The van der Waals surface area contributed by atoms with Gasteiger partial charge in [0, 0.05) is 5.02 Å². The van der Waals surface area contributed by atoms with E-state index in [1.54, 1.807) is 19.1 Å². The number of halogens is 1. The first-order valence-corrected chi connectivity index (χ1v) is 7.58. The van der Waals surface area contributed by atoms with Crippen LogP contribution in [-0.2, 0) is 11.3 Å². The second kappa shape index (κ2) is 6.06. The highest BCUT2D eigenvalue weighted by Crippen LogP contribution is 2.26. The molecule has 1 fully saturated rings. The Morgan fingerprint density at radius 1 is 1.24 bits per heavy atom. The lowest BCUT2D eigenvalue weighted by atomic mass is 9.92.